The van der Waals surface area contributed by atoms with E-state index in [1.165, 1.54) is 0 Å². The number of pyridine rings is 1. The van der Waals surface area contributed by atoms with E-state index in [-0.39, 0.29) is 0 Å². The lowest BCUT2D eigenvalue weighted by molar-refractivity contribution is -0.130. The van der Waals surface area contributed by atoms with Gasteiger partial charge in [-0.05, 0) is 47.9 Å². The van der Waals surface area contributed by atoms with Gasteiger partial charge in [-0.25, -0.2) is 9.78 Å². The predicted molar refractivity (Wildman–Crippen MR) is 125 cm³/mol. The summed E-state index contributed by atoms with van der Waals surface area (Å²) < 4.78 is 5.51. The molecule has 0 N–H and O–H groups in total. The molecule has 1 aliphatic rings. The molecule has 0 radical (unpaired) electrons. The summed E-state index contributed by atoms with van der Waals surface area (Å²) in [5.41, 5.74) is 6.16. The molecular formula is C27H18ClNO2. The summed E-state index contributed by atoms with van der Waals surface area (Å²) >= 11 is 6.38. The highest BCUT2D eigenvalue weighted by Gasteiger charge is 2.22. The molecule has 0 amide bonds. The van der Waals surface area contributed by atoms with Crippen molar-refractivity contribution in [2.75, 3.05) is 0 Å². The number of ether oxygens (including phenoxy) is 1. The molecule has 1 aromatic heterocycles. The molecule has 3 aromatic carbocycles. The first kappa shape index (κ1) is 19.3. The number of aromatic nitrogens is 1. The molecule has 3 nitrogen and oxygen atoms in total. The van der Waals surface area contributed by atoms with Crippen molar-refractivity contribution in [1.82, 2.24) is 4.98 Å². The van der Waals surface area contributed by atoms with Crippen LogP contribution in [0.15, 0.2) is 90.5 Å². The van der Waals surface area contributed by atoms with Gasteiger partial charge in [0.2, 0.25) is 0 Å². The maximum Gasteiger partial charge on any atom is 0.343 e. The van der Waals surface area contributed by atoms with Crippen molar-refractivity contribution in [2.24, 2.45) is 0 Å². The number of benzene rings is 3. The lowest BCUT2D eigenvalue weighted by Crippen LogP contribution is -1.97. The molecule has 150 valence electrons. The Morgan fingerprint density at radius 3 is 2.35 bits per heavy atom. The highest BCUT2D eigenvalue weighted by atomic mass is 35.5. The van der Waals surface area contributed by atoms with E-state index in [0.717, 1.165) is 33.2 Å². The van der Waals surface area contributed by atoms with E-state index in [1.54, 1.807) is 12.2 Å². The molecule has 1 aliphatic heterocycles. The average molecular weight is 424 g/mol. The Hall–Kier alpha value is -3.69. The van der Waals surface area contributed by atoms with Crippen LogP contribution in [0.25, 0.3) is 33.9 Å². The Labute approximate surface area is 185 Å². The van der Waals surface area contributed by atoms with E-state index >= 15 is 0 Å². The smallest absolute Gasteiger partial charge is 0.343 e. The number of carbonyl (C=O) groups excluding carboxylic acids is 1. The molecule has 0 saturated heterocycles. The zero-order chi connectivity index (χ0) is 21.4. The van der Waals surface area contributed by atoms with Gasteiger partial charge in [0.25, 0.3) is 0 Å². The van der Waals surface area contributed by atoms with Crippen molar-refractivity contribution < 1.29 is 9.53 Å². The van der Waals surface area contributed by atoms with Gasteiger partial charge in [-0.15, -0.1) is 0 Å². The molecule has 0 spiro atoms. The van der Waals surface area contributed by atoms with Gasteiger partial charge in [0.05, 0.1) is 11.1 Å². The average Bonchev–Trinajstić information content (AvgIpc) is 3.15. The van der Waals surface area contributed by atoms with Crippen molar-refractivity contribution in [3.63, 3.8) is 0 Å². The summed E-state index contributed by atoms with van der Waals surface area (Å²) in [5, 5.41) is 1.32. The number of cyclic esters (lactones) is 1. The minimum Gasteiger partial charge on any atom is -0.422 e. The molecular weight excluding hydrogens is 406 g/mol. The van der Waals surface area contributed by atoms with Crippen LogP contribution in [0.2, 0.25) is 5.15 Å². The molecule has 0 saturated carbocycles. The van der Waals surface area contributed by atoms with Crippen LogP contribution in [0.4, 0.5) is 0 Å². The number of hydrogen-bond donors (Lipinski definition) is 0. The number of rotatable bonds is 3. The highest BCUT2D eigenvalue weighted by molar-refractivity contribution is 6.31. The van der Waals surface area contributed by atoms with Gasteiger partial charge < -0.3 is 4.74 Å². The second kappa shape index (κ2) is 7.86. The van der Waals surface area contributed by atoms with Gasteiger partial charge in [-0.3, -0.25) is 0 Å². The summed E-state index contributed by atoms with van der Waals surface area (Å²) in [5.74, 6) is 0.124. The number of esters is 1. The molecule has 31 heavy (non-hydrogen) atoms. The van der Waals surface area contributed by atoms with Crippen LogP contribution in [-0.2, 0) is 9.53 Å². The maximum atomic E-state index is 12.5. The number of carbonyl (C=O) groups is 1. The first-order chi connectivity index (χ1) is 15.1. The van der Waals surface area contributed by atoms with Crippen LogP contribution < -0.4 is 0 Å². The van der Waals surface area contributed by atoms with Crippen LogP contribution >= 0.6 is 11.6 Å². The third-order valence-corrected chi connectivity index (χ3v) is 5.57. The Bertz CT molecular complexity index is 1370. The van der Waals surface area contributed by atoms with E-state index in [2.05, 4.69) is 17.1 Å². The number of halogens is 1. The van der Waals surface area contributed by atoms with Crippen molar-refractivity contribution >= 4 is 40.3 Å². The van der Waals surface area contributed by atoms with Gasteiger partial charge in [-0.2, -0.15) is 0 Å². The summed E-state index contributed by atoms with van der Waals surface area (Å²) in [4.78, 5) is 16.9. The molecule has 2 heterocycles. The molecule has 4 aromatic rings. The largest absolute Gasteiger partial charge is 0.422 e. The molecule has 0 unspecified atom stereocenters. The summed E-state index contributed by atoms with van der Waals surface area (Å²) in [6.45, 7) is 2.01. The standard InChI is InChI=1S/C27H18ClNO2/c1-17-7-8-21-14-22(26(28)29-24(21)13-17)15-23-16-25(31-27(23)30)20-11-9-19(10-12-20)18-5-3-2-4-6-18/h2-16H,1H3/b23-15+. The van der Waals surface area contributed by atoms with Gasteiger partial charge in [0.15, 0.2) is 0 Å². The molecule has 5 rings (SSSR count). The Morgan fingerprint density at radius 1 is 0.871 bits per heavy atom. The Kier molecular flexibility index (Phi) is 4.89. The van der Waals surface area contributed by atoms with Crippen molar-refractivity contribution in [2.45, 2.75) is 6.92 Å². The minimum atomic E-state index is -0.401. The van der Waals surface area contributed by atoms with Crippen LogP contribution in [0, 0.1) is 6.92 Å². The fourth-order valence-electron chi connectivity index (χ4n) is 3.63. The molecule has 4 heteroatoms. The topological polar surface area (TPSA) is 39.2 Å². The van der Waals surface area contributed by atoms with E-state index in [0.29, 0.717) is 22.0 Å². The minimum absolute atomic E-state index is 0.354. The number of fused-ring (bicyclic) bond motifs is 1. The fraction of sp³-hybridized carbons (Fsp3) is 0.0370. The molecule has 0 fully saturated rings. The van der Waals surface area contributed by atoms with Crippen LogP contribution in [0.1, 0.15) is 16.7 Å². The second-order valence-corrected chi connectivity index (χ2v) is 7.86. The quantitative estimate of drug-likeness (QED) is 0.205. The van der Waals surface area contributed by atoms with E-state index < -0.39 is 5.97 Å². The normalized spacial score (nSPS) is 14.7. The lowest BCUT2D eigenvalue weighted by Gasteiger charge is -2.05. The van der Waals surface area contributed by atoms with Gasteiger partial charge >= 0.3 is 5.97 Å². The van der Waals surface area contributed by atoms with E-state index in [4.69, 9.17) is 16.3 Å². The van der Waals surface area contributed by atoms with Crippen molar-refractivity contribution in [1.29, 1.82) is 0 Å². The third-order valence-electron chi connectivity index (χ3n) is 5.27. The zero-order valence-electron chi connectivity index (χ0n) is 16.8. The summed E-state index contributed by atoms with van der Waals surface area (Å²) in [6, 6.07) is 26.0. The maximum absolute atomic E-state index is 12.5. The van der Waals surface area contributed by atoms with Crippen LogP contribution in [-0.4, -0.2) is 11.0 Å². The predicted octanol–water partition coefficient (Wildman–Crippen LogP) is 6.84. The zero-order valence-corrected chi connectivity index (χ0v) is 17.6. The summed E-state index contributed by atoms with van der Waals surface area (Å²) in [7, 11) is 0. The summed E-state index contributed by atoms with van der Waals surface area (Å²) in [6.07, 6.45) is 3.47. The van der Waals surface area contributed by atoms with E-state index in [9.17, 15) is 4.79 Å². The lowest BCUT2D eigenvalue weighted by atomic mass is 10.0. The monoisotopic (exact) mass is 423 g/mol. The van der Waals surface area contributed by atoms with Crippen molar-refractivity contribution in [3.05, 3.63) is 112 Å². The Balaban J connectivity index is 1.46. The molecule has 0 aliphatic carbocycles. The van der Waals surface area contributed by atoms with Gasteiger partial charge in [0.1, 0.15) is 10.9 Å². The van der Waals surface area contributed by atoms with Crippen LogP contribution in [0.5, 0.6) is 0 Å². The number of nitrogens with zero attached hydrogens (tertiary/aromatic N) is 1. The van der Waals surface area contributed by atoms with Gasteiger partial charge in [0, 0.05) is 16.5 Å². The first-order valence-electron chi connectivity index (χ1n) is 9.95. The molecule has 0 atom stereocenters. The highest BCUT2D eigenvalue weighted by Crippen LogP contribution is 2.31. The Morgan fingerprint density at radius 2 is 1.58 bits per heavy atom. The SMILES string of the molecule is Cc1ccc2cc(/C=C3\C=C(c4ccc(-c5ccccc5)cc4)OC3=O)c(Cl)nc2c1. The second-order valence-electron chi connectivity index (χ2n) is 7.51. The molecule has 0 bridgehead atoms. The first-order valence-corrected chi connectivity index (χ1v) is 10.3. The number of aryl methyl sites for hydroxylation is 1. The fourth-order valence-corrected chi connectivity index (χ4v) is 3.83. The van der Waals surface area contributed by atoms with Crippen molar-refractivity contribution in [3.8, 4) is 11.1 Å². The third kappa shape index (κ3) is 3.88. The van der Waals surface area contributed by atoms with Crippen LogP contribution in [0.3, 0.4) is 0 Å². The van der Waals surface area contributed by atoms with E-state index in [1.807, 2.05) is 73.7 Å². The van der Waals surface area contributed by atoms with Gasteiger partial charge in [-0.1, -0.05) is 78.3 Å². The number of hydrogen-bond acceptors (Lipinski definition) is 3.